The van der Waals surface area contributed by atoms with Gasteiger partial charge in [-0.1, -0.05) is 6.92 Å². The summed E-state index contributed by atoms with van der Waals surface area (Å²) < 4.78 is 0. The first kappa shape index (κ1) is 16.5. The van der Waals surface area contributed by atoms with Crippen molar-refractivity contribution in [3.05, 3.63) is 0 Å². The molecule has 0 heterocycles. The Kier molecular flexibility index (Phi) is 4.45. The lowest BCUT2D eigenvalue weighted by Gasteiger charge is -2.45. The van der Waals surface area contributed by atoms with E-state index in [2.05, 4.69) is 0 Å². The van der Waals surface area contributed by atoms with Gasteiger partial charge in [0.1, 0.15) is 0 Å². The predicted octanol–water partition coefficient (Wildman–Crippen LogP) is -1.48. The Hall–Kier alpha value is -1.60. The summed E-state index contributed by atoms with van der Waals surface area (Å²) in [6.07, 6.45) is 0.238. The van der Waals surface area contributed by atoms with Gasteiger partial charge in [-0.05, 0) is 27.4 Å². The molecule has 0 radical (unpaired) electrons. The molecule has 1 amide bonds. The van der Waals surface area contributed by atoms with Crippen LogP contribution in [0.4, 0.5) is 0 Å². The van der Waals surface area contributed by atoms with Crippen molar-refractivity contribution in [2.75, 3.05) is 14.1 Å². The first-order chi connectivity index (χ1) is 9.10. The van der Waals surface area contributed by atoms with Gasteiger partial charge in [0, 0.05) is 5.92 Å². The van der Waals surface area contributed by atoms with Crippen LogP contribution in [-0.2, 0) is 19.2 Å². The van der Waals surface area contributed by atoms with Crippen molar-refractivity contribution in [3.8, 4) is 0 Å². The van der Waals surface area contributed by atoms with E-state index in [9.17, 15) is 24.3 Å². The van der Waals surface area contributed by atoms with E-state index in [4.69, 9.17) is 5.73 Å². The minimum absolute atomic E-state index is 0.238. The largest absolute Gasteiger partial charge is 0.374 e. The highest BCUT2D eigenvalue weighted by Crippen LogP contribution is 2.37. The number of nitrogens with two attached hydrogens (primary N) is 1. The number of hydrogen-bond donors (Lipinski definition) is 2. The average Bonchev–Trinajstić information content (AvgIpc) is 2.32. The maximum absolute atomic E-state index is 12.3. The van der Waals surface area contributed by atoms with Crippen molar-refractivity contribution >= 4 is 23.3 Å². The number of primary amides is 1. The van der Waals surface area contributed by atoms with E-state index in [0.717, 1.165) is 6.92 Å². The van der Waals surface area contributed by atoms with E-state index in [-0.39, 0.29) is 6.42 Å². The highest BCUT2D eigenvalue weighted by molar-refractivity contribution is 6.29. The smallest absolute Gasteiger partial charge is 0.235 e. The van der Waals surface area contributed by atoms with Gasteiger partial charge in [-0.2, -0.15) is 0 Å². The number of aliphatic hydroxyl groups is 1. The average molecular weight is 284 g/mol. The fraction of sp³-hybridized carbons (Fsp3) is 0.692. The van der Waals surface area contributed by atoms with E-state index in [1.54, 1.807) is 21.0 Å². The van der Waals surface area contributed by atoms with Crippen molar-refractivity contribution in [2.24, 2.45) is 17.6 Å². The number of likely N-dealkylation sites (N-methyl/N-ethyl adjacent to an activating group) is 1. The molecule has 7 heteroatoms. The van der Waals surface area contributed by atoms with E-state index in [0.29, 0.717) is 0 Å². The van der Waals surface area contributed by atoms with Gasteiger partial charge in [0.15, 0.2) is 28.9 Å². The van der Waals surface area contributed by atoms with E-state index in [1.807, 2.05) is 0 Å². The van der Waals surface area contributed by atoms with Gasteiger partial charge in [-0.3, -0.25) is 24.1 Å². The summed E-state index contributed by atoms with van der Waals surface area (Å²) in [5.41, 5.74) is 2.75. The maximum atomic E-state index is 12.3. The molecule has 0 aliphatic heterocycles. The van der Waals surface area contributed by atoms with Gasteiger partial charge in [-0.25, -0.2) is 0 Å². The molecule has 3 N–H and O–H groups in total. The number of carbonyl (C=O) groups excluding carboxylic acids is 4. The van der Waals surface area contributed by atoms with Crippen LogP contribution in [0.15, 0.2) is 0 Å². The zero-order valence-electron chi connectivity index (χ0n) is 12.0. The Morgan fingerprint density at radius 2 is 1.85 bits per heavy atom. The monoisotopic (exact) mass is 284 g/mol. The zero-order chi connectivity index (χ0) is 15.8. The zero-order valence-corrected chi connectivity index (χ0v) is 12.0. The summed E-state index contributed by atoms with van der Waals surface area (Å²) in [4.78, 5) is 49.3. The second kappa shape index (κ2) is 5.41. The van der Waals surface area contributed by atoms with Crippen molar-refractivity contribution < 1.29 is 24.3 Å². The van der Waals surface area contributed by atoms with Crippen LogP contribution in [0.5, 0.6) is 0 Å². The molecule has 1 rings (SSSR count). The van der Waals surface area contributed by atoms with Gasteiger partial charge >= 0.3 is 0 Å². The standard InChI is InChI=1S/C13H20N2O5/c1-5-7-9(15(3)4)10(17)8(12(14)19)11(18)13(7,20)6(2)16/h7-9,20H,5H2,1-4H3,(H2,14,19). The lowest BCUT2D eigenvalue weighted by molar-refractivity contribution is -0.172. The first-order valence-electron chi connectivity index (χ1n) is 6.37. The quantitative estimate of drug-likeness (QED) is 0.608. The number of carbonyl (C=O) groups is 4. The third-order valence-electron chi connectivity index (χ3n) is 3.95. The molecular weight excluding hydrogens is 264 g/mol. The predicted molar refractivity (Wildman–Crippen MR) is 69.6 cm³/mol. The molecule has 4 atom stereocenters. The van der Waals surface area contributed by atoms with Crippen molar-refractivity contribution in [3.63, 3.8) is 0 Å². The first-order valence-corrected chi connectivity index (χ1v) is 6.37. The molecular formula is C13H20N2O5. The molecule has 0 aromatic rings. The van der Waals surface area contributed by atoms with Gasteiger partial charge in [0.2, 0.25) is 5.91 Å². The summed E-state index contributed by atoms with van der Waals surface area (Å²) >= 11 is 0. The van der Waals surface area contributed by atoms with Crippen molar-refractivity contribution in [1.29, 1.82) is 0 Å². The molecule has 1 aliphatic carbocycles. The highest BCUT2D eigenvalue weighted by atomic mass is 16.3. The molecule has 0 aromatic carbocycles. The van der Waals surface area contributed by atoms with Crippen LogP contribution in [-0.4, -0.2) is 59.0 Å². The summed E-state index contributed by atoms with van der Waals surface area (Å²) in [7, 11) is 3.17. The third-order valence-corrected chi connectivity index (χ3v) is 3.95. The molecule has 0 saturated heterocycles. The van der Waals surface area contributed by atoms with Gasteiger partial charge < -0.3 is 10.8 Å². The molecule has 4 unspecified atom stereocenters. The van der Waals surface area contributed by atoms with Crippen molar-refractivity contribution in [2.45, 2.75) is 31.9 Å². The van der Waals surface area contributed by atoms with Crippen LogP contribution < -0.4 is 5.73 Å². The van der Waals surface area contributed by atoms with Crippen LogP contribution in [0.1, 0.15) is 20.3 Å². The van der Waals surface area contributed by atoms with Gasteiger partial charge in [0.25, 0.3) is 0 Å². The van der Waals surface area contributed by atoms with Crippen LogP contribution in [0.3, 0.4) is 0 Å². The molecule has 0 bridgehead atoms. The van der Waals surface area contributed by atoms with Crippen LogP contribution in [0.2, 0.25) is 0 Å². The van der Waals surface area contributed by atoms with Gasteiger partial charge in [0.05, 0.1) is 6.04 Å². The van der Waals surface area contributed by atoms with E-state index < -0.39 is 46.7 Å². The SMILES string of the molecule is CCC1C(N(C)C)C(=O)C(C(N)=O)C(=O)C1(O)C(C)=O. The topological polar surface area (TPSA) is 118 Å². The molecule has 20 heavy (non-hydrogen) atoms. The lowest BCUT2D eigenvalue weighted by Crippen LogP contribution is -2.69. The van der Waals surface area contributed by atoms with Crippen LogP contribution >= 0.6 is 0 Å². The lowest BCUT2D eigenvalue weighted by atomic mass is 9.63. The minimum atomic E-state index is -2.35. The number of Topliss-reactive ketones (excluding diaryl/α,β-unsaturated/α-hetero) is 3. The number of nitrogens with zero attached hydrogens (tertiary/aromatic N) is 1. The second-order valence-electron chi connectivity index (χ2n) is 5.35. The van der Waals surface area contributed by atoms with Crippen LogP contribution in [0.25, 0.3) is 0 Å². The molecule has 0 spiro atoms. The molecule has 1 saturated carbocycles. The fourth-order valence-electron chi connectivity index (χ4n) is 2.97. The molecule has 1 aliphatic rings. The Morgan fingerprint density at radius 3 is 2.15 bits per heavy atom. The number of hydrogen-bond acceptors (Lipinski definition) is 6. The fourth-order valence-corrected chi connectivity index (χ4v) is 2.97. The van der Waals surface area contributed by atoms with E-state index in [1.165, 1.54) is 4.90 Å². The normalized spacial score (nSPS) is 34.4. The highest BCUT2D eigenvalue weighted by Gasteiger charge is 2.62. The molecule has 7 nitrogen and oxygen atoms in total. The number of rotatable bonds is 4. The van der Waals surface area contributed by atoms with Crippen molar-refractivity contribution in [1.82, 2.24) is 4.90 Å². The Morgan fingerprint density at radius 1 is 1.35 bits per heavy atom. The summed E-state index contributed by atoms with van der Waals surface area (Å²) in [6.45, 7) is 2.74. The third kappa shape index (κ3) is 2.16. The number of amides is 1. The van der Waals surface area contributed by atoms with Crippen LogP contribution in [0, 0.1) is 11.8 Å². The molecule has 112 valence electrons. The Bertz CT molecular complexity index is 473. The molecule has 1 fully saturated rings. The second-order valence-corrected chi connectivity index (χ2v) is 5.35. The Labute approximate surface area is 117 Å². The number of ketones is 3. The maximum Gasteiger partial charge on any atom is 0.235 e. The minimum Gasteiger partial charge on any atom is -0.374 e. The van der Waals surface area contributed by atoms with Gasteiger partial charge in [-0.15, -0.1) is 0 Å². The summed E-state index contributed by atoms with van der Waals surface area (Å²) in [6, 6.07) is -0.913. The summed E-state index contributed by atoms with van der Waals surface area (Å²) in [5.74, 6) is -6.36. The van der Waals surface area contributed by atoms with E-state index >= 15 is 0 Å². The Balaban J connectivity index is 3.51. The molecule has 0 aromatic heterocycles. The summed E-state index contributed by atoms with van der Waals surface area (Å²) in [5, 5.41) is 10.5.